The van der Waals surface area contributed by atoms with Gasteiger partial charge in [0.15, 0.2) is 0 Å². The second kappa shape index (κ2) is 8.41. The zero-order valence-electron chi connectivity index (χ0n) is 13.5. The minimum Gasteiger partial charge on any atom is -0.398 e. The number of para-hydroxylation sites is 1. The van der Waals surface area contributed by atoms with E-state index < -0.39 is 0 Å². The van der Waals surface area contributed by atoms with E-state index in [9.17, 15) is 4.79 Å². The maximum absolute atomic E-state index is 12.8. The molecule has 3 rings (SSSR count). The first-order valence-corrected chi connectivity index (χ1v) is 8.39. The Morgan fingerprint density at radius 1 is 1.12 bits per heavy atom. The number of halogens is 2. The van der Waals surface area contributed by atoms with Crippen LogP contribution in [0.15, 0.2) is 48.5 Å². The molecule has 24 heavy (non-hydrogen) atoms. The van der Waals surface area contributed by atoms with Gasteiger partial charge in [0.25, 0.3) is 5.91 Å². The molecule has 0 aliphatic heterocycles. The van der Waals surface area contributed by atoms with Gasteiger partial charge in [0.05, 0.1) is 5.56 Å². The zero-order chi connectivity index (χ0) is 16.2. The SMILES string of the molecule is Cl.Nc1ccccc1C(=O)N(CCc1ccc(Cl)cc1)CC1CC1. The summed E-state index contributed by atoms with van der Waals surface area (Å²) in [7, 11) is 0. The first-order chi connectivity index (χ1) is 11.1. The summed E-state index contributed by atoms with van der Waals surface area (Å²) in [6.07, 6.45) is 3.26. The molecule has 3 nitrogen and oxygen atoms in total. The molecule has 2 aromatic carbocycles. The lowest BCUT2D eigenvalue weighted by Crippen LogP contribution is -2.35. The van der Waals surface area contributed by atoms with Gasteiger partial charge < -0.3 is 10.6 Å². The Labute approximate surface area is 154 Å². The fraction of sp³-hybridized carbons (Fsp3) is 0.316. The average Bonchev–Trinajstić information content (AvgIpc) is 3.37. The number of carbonyl (C=O) groups excluding carboxylic acids is 1. The van der Waals surface area contributed by atoms with Gasteiger partial charge >= 0.3 is 0 Å². The third-order valence-corrected chi connectivity index (χ3v) is 4.49. The van der Waals surface area contributed by atoms with Gasteiger partial charge in [-0.1, -0.05) is 35.9 Å². The fourth-order valence-electron chi connectivity index (χ4n) is 2.67. The van der Waals surface area contributed by atoms with Crippen LogP contribution in [0.5, 0.6) is 0 Å². The van der Waals surface area contributed by atoms with Crippen LogP contribution in [-0.2, 0) is 6.42 Å². The Hall–Kier alpha value is -1.71. The van der Waals surface area contributed by atoms with Crippen LogP contribution in [0.25, 0.3) is 0 Å². The Bertz CT molecular complexity index is 684. The Morgan fingerprint density at radius 2 is 1.79 bits per heavy atom. The lowest BCUT2D eigenvalue weighted by molar-refractivity contribution is 0.0750. The first kappa shape index (κ1) is 18.6. The molecular formula is C19H22Cl2N2O. The minimum atomic E-state index is 0. The number of amides is 1. The maximum Gasteiger partial charge on any atom is 0.255 e. The molecule has 1 amide bonds. The number of rotatable bonds is 6. The lowest BCUT2D eigenvalue weighted by Gasteiger charge is -2.23. The van der Waals surface area contributed by atoms with Crippen molar-refractivity contribution < 1.29 is 4.79 Å². The number of hydrogen-bond acceptors (Lipinski definition) is 2. The summed E-state index contributed by atoms with van der Waals surface area (Å²) in [5.41, 5.74) is 8.30. The van der Waals surface area contributed by atoms with E-state index in [-0.39, 0.29) is 18.3 Å². The van der Waals surface area contributed by atoms with E-state index in [0.717, 1.165) is 18.0 Å². The summed E-state index contributed by atoms with van der Waals surface area (Å²) in [6, 6.07) is 15.1. The molecule has 1 aliphatic carbocycles. The molecule has 0 unspecified atom stereocenters. The molecule has 0 saturated heterocycles. The largest absolute Gasteiger partial charge is 0.398 e. The molecule has 5 heteroatoms. The van der Waals surface area contributed by atoms with Gasteiger partial charge in [-0.25, -0.2) is 0 Å². The molecule has 0 bridgehead atoms. The van der Waals surface area contributed by atoms with Crippen molar-refractivity contribution in [2.45, 2.75) is 19.3 Å². The van der Waals surface area contributed by atoms with Crippen molar-refractivity contribution >= 4 is 35.6 Å². The summed E-state index contributed by atoms with van der Waals surface area (Å²) in [6.45, 7) is 1.52. The van der Waals surface area contributed by atoms with Crippen molar-refractivity contribution in [2.24, 2.45) is 5.92 Å². The van der Waals surface area contributed by atoms with Crippen LogP contribution >= 0.6 is 24.0 Å². The molecule has 2 N–H and O–H groups in total. The van der Waals surface area contributed by atoms with E-state index in [2.05, 4.69) is 0 Å². The fourth-order valence-corrected chi connectivity index (χ4v) is 2.79. The van der Waals surface area contributed by atoms with Gasteiger partial charge in [0.2, 0.25) is 0 Å². The van der Waals surface area contributed by atoms with Crippen molar-refractivity contribution in [3.05, 3.63) is 64.7 Å². The summed E-state index contributed by atoms with van der Waals surface area (Å²) < 4.78 is 0. The van der Waals surface area contributed by atoms with E-state index in [4.69, 9.17) is 17.3 Å². The molecule has 0 atom stereocenters. The lowest BCUT2D eigenvalue weighted by atomic mass is 10.1. The zero-order valence-corrected chi connectivity index (χ0v) is 15.0. The highest BCUT2D eigenvalue weighted by Crippen LogP contribution is 2.30. The number of nitrogens with two attached hydrogens (primary N) is 1. The molecule has 0 radical (unpaired) electrons. The van der Waals surface area contributed by atoms with Gasteiger partial charge in [-0.15, -0.1) is 12.4 Å². The maximum atomic E-state index is 12.8. The topological polar surface area (TPSA) is 46.3 Å². The molecule has 2 aromatic rings. The van der Waals surface area contributed by atoms with E-state index in [1.165, 1.54) is 18.4 Å². The highest BCUT2D eigenvalue weighted by Gasteiger charge is 2.27. The van der Waals surface area contributed by atoms with Crippen molar-refractivity contribution in [3.8, 4) is 0 Å². The van der Waals surface area contributed by atoms with E-state index in [1.54, 1.807) is 12.1 Å². The van der Waals surface area contributed by atoms with Crippen LogP contribution in [0.4, 0.5) is 5.69 Å². The Kier molecular flexibility index (Phi) is 6.52. The number of hydrogen-bond donors (Lipinski definition) is 1. The highest BCUT2D eigenvalue weighted by atomic mass is 35.5. The Balaban J connectivity index is 0.00000208. The molecule has 1 saturated carbocycles. The van der Waals surface area contributed by atoms with Crippen LogP contribution in [0, 0.1) is 5.92 Å². The van der Waals surface area contributed by atoms with Gasteiger partial charge in [-0.2, -0.15) is 0 Å². The van der Waals surface area contributed by atoms with Crippen LogP contribution in [0.1, 0.15) is 28.8 Å². The van der Waals surface area contributed by atoms with Crippen molar-refractivity contribution in [2.75, 3.05) is 18.8 Å². The van der Waals surface area contributed by atoms with Crippen LogP contribution in [-0.4, -0.2) is 23.9 Å². The number of anilines is 1. The number of nitrogens with zero attached hydrogens (tertiary/aromatic N) is 1. The molecule has 0 heterocycles. The average molecular weight is 365 g/mol. The standard InChI is InChI=1S/C19H21ClN2O.ClH/c20-16-9-7-14(8-10-16)11-12-22(13-15-5-6-15)19(23)17-3-1-2-4-18(17)21;/h1-4,7-10,15H,5-6,11-13,21H2;1H. The Morgan fingerprint density at radius 3 is 2.42 bits per heavy atom. The highest BCUT2D eigenvalue weighted by molar-refractivity contribution is 6.30. The normalized spacial score (nSPS) is 13.2. The predicted molar refractivity (Wildman–Crippen MR) is 102 cm³/mol. The second-order valence-corrected chi connectivity index (χ2v) is 6.59. The number of carbonyl (C=O) groups is 1. The van der Waals surface area contributed by atoms with Crippen molar-refractivity contribution in [1.29, 1.82) is 0 Å². The third kappa shape index (κ3) is 4.89. The van der Waals surface area contributed by atoms with Gasteiger partial charge in [0.1, 0.15) is 0 Å². The summed E-state index contributed by atoms with van der Waals surface area (Å²) in [5, 5.41) is 0.733. The van der Waals surface area contributed by atoms with Crippen LogP contribution in [0.2, 0.25) is 5.02 Å². The van der Waals surface area contributed by atoms with Crippen molar-refractivity contribution in [1.82, 2.24) is 4.90 Å². The predicted octanol–water partition coefficient (Wildman–Crippen LogP) is 4.44. The number of nitrogen functional groups attached to an aromatic ring is 1. The van der Waals surface area contributed by atoms with E-state index in [0.29, 0.717) is 23.7 Å². The second-order valence-electron chi connectivity index (χ2n) is 6.16. The molecule has 1 aliphatic rings. The monoisotopic (exact) mass is 364 g/mol. The first-order valence-electron chi connectivity index (χ1n) is 8.01. The van der Waals surface area contributed by atoms with Gasteiger partial charge in [0, 0.05) is 23.8 Å². The third-order valence-electron chi connectivity index (χ3n) is 4.24. The minimum absolute atomic E-state index is 0. The summed E-state index contributed by atoms with van der Waals surface area (Å²) >= 11 is 5.92. The summed E-state index contributed by atoms with van der Waals surface area (Å²) in [5.74, 6) is 0.679. The summed E-state index contributed by atoms with van der Waals surface area (Å²) in [4.78, 5) is 14.8. The van der Waals surface area contributed by atoms with Crippen LogP contribution in [0.3, 0.4) is 0 Å². The van der Waals surface area contributed by atoms with Gasteiger partial charge in [-0.3, -0.25) is 4.79 Å². The van der Waals surface area contributed by atoms with E-state index >= 15 is 0 Å². The number of benzene rings is 2. The van der Waals surface area contributed by atoms with Gasteiger partial charge in [-0.05, 0) is 55.0 Å². The molecule has 1 fully saturated rings. The molecular weight excluding hydrogens is 343 g/mol. The molecule has 128 valence electrons. The quantitative estimate of drug-likeness (QED) is 0.770. The van der Waals surface area contributed by atoms with Crippen molar-refractivity contribution in [3.63, 3.8) is 0 Å². The smallest absolute Gasteiger partial charge is 0.255 e. The molecule has 0 aromatic heterocycles. The molecule has 0 spiro atoms. The van der Waals surface area contributed by atoms with Crippen LogP contribution < -0.4 is 5.73 Å². The van der Waals surface area contributed by atoms with E-state index in [1.807, 2.05) is 41.3 Å².